The van der Waals surface area contributed by atoms with Gasteiger partial charge in [-0.2, -0.15) is 0 Å². The summed E-state index contributed by atoms with van der Waals surface area (Å²) in [6.07, 6.45) is 0. The molecule has 1 aliphatic heterocycles. The van der Waals surface area contributed by atoms with Gasteiger partial charge in [-0.15, -0.1) is 0 Å². The number of anilines is 1. The van der Waals surface area contributed by atoms with Crippen LogP contribution in [-0.4, -0.2) is 11.7 Å². The molecular weight excluding hydrogens is 242 g/mol. The maximum Gasteiger partial charge on any atom is 0.259 e. The normalized spacial score (nSPS) is 12.6. The van der Waals surface area contributed by atoms with Crippen molar-refractivity contribution in [2.45, 2.75) is 6.92 Å². The SMILES string of the molecule is CC(=O)c1ccc2c(c1)C(=O)Nc1ccccc1O2. The van der Waals surface area contributed by atoms with Crippen molar-refractivity contribution in [2.75, 3.05) is 5.32 Å². The smallest absolute Gasteiger partial charge is 0.259 e. The Bertz CT molecular complexity index is 692. The summed E-state index contributed by atoms with van der Waals surface area (Å²) in [6.45, 7) is 1.46. The van der Waals surface area contributed by atoms with Gasteiger partial charge in [-0.1, -0.05) is 12.1 Å². The summed E-state index contributed by atoms with van der Waals surface area (Å²) in [7, 11) is 0. The maximum atomic E-state index is 12.1. The molecule has 4 heteroatoms. The first-order valence-electron chi connectivity index (χ1n) is 5.88. The number of hydrogen-bond acceptors (Lipinski definition) is 3. The Balaban J connectivity index is 2.13. The predicted octanol–water partition coefficient (Wildman–Crippen LogP) is 3.25. The van der Waals surface area contributed by atoms with Gasteiger partial charge in [-0.3, -0.25) is 9.59 Å². The highest BCUT2D eigenvalue weighted by Gasteiger charge is 2.21. The molecule has 0 aliphatic carbocycles. The minimum atomic E-state index is -0.275. The fraction of sp³-hybridized carbons (Fsp3) is 0.0667. The van der Waals surface area contributed by atoms with Gasteiger partial charge in [-0.25, -0.2) is 0 Å². The summed E-state index contributed by atoms with van der Waals surface area (Å²) >= 11 is 0. The van der Waals surface area contributed by atoms with Gasteiger partial charge in [0.2, 0.25) is 0 Å². The fourth-order valence-electron chi connectivity index (χ4n) is 1.98. The molecule has 0 atom stereocenters. The van der Waals surface area contributed by atoms with Gasteiger partial charge < -0.3 is 10.1 Å². The van der Waals surface area contributed by atoms with Crippen LogP contribution in [0.1, 0.15) is 27.6 Å². The highest BCUT2D eigenvalue weighted by molar-refractivity contribution is 6.09. The summed E-state index contributed by atoms with van der Waals surface area (Å²) in [5.41, 5.74) is 1.47. The molecule has 94 valence electrons. The van der Waals surface area contributed by atoms with E-state index in [4.69, 9.17) is 4.74 Å². The molecular formula is C15H11NO3. The van der Waals surface area contributed by atoms with Gasteiger partial charge in [0.25, 0.3) is 5.91 Å². The Kier molecular flexibility index (Phi) is 2.56. The number of carbonyl (C=O) groups excluding carboxylic acids is 2. The number of benzene rings is 2. The maximum absolute atomic E-state index is 12.1. The third-order valence-electron chi connectivity index (χ3n) is 2.99. The zero-order valence-corrected chi connectivity index (χ0v) is 10.3. The number of Topliss-reactive ketones (excluding diaryl/α,β-unsaturated/α-hetero) is 1. The molecule has 0 aromatic heterocycles. The second kappa shape index (κ2) is 4.24. The number of amides is 1. The minimum Gasteiger partial charge on any atom is -0.454 e. The Morgan fingerprint density at radius 1 is 1.11 bits per heavy atom. The molecule has 0 fully saturated rings. The van der Waals surface area contributed by atoms with Crippen molar-refractivity contribution in [3.05, 3.63) is 53.6 Å². The van der Waals surface area contributed by atoms with E-state index in [2.05, 4.69) is 5.32 Å². The lowest BCUT2D eigenvalue weighted by Gasteiger charge is -2.07. The molecule has 1 amide bonds. The van der Waals surface area contributed by atoms with Gasteiger partial charge in [0.05, 0.1) is 11.3 Å². The lowest BCUT2D eigenvalue weighted by molar-refractivity contribution is 0.101. The topological polar surface area (TPSA) is 55.4 Å². The average molecular weight is 253 g/mol. The molecule has 3 rings (SSSR count). The van der Waals surface area contributed by atoms with E-state index in [9.17, 15) is 9.59 Å². The van der Waals surface area contributed by atoms with Gasteiger partial charge in [-0.05, 0) is 37.3 Å². The second-order valence-corrected chi connectivity index (χ2v) is 4.32. The molecule has 0 spiro atoms. The van der Waals surface area contributed by atoms with Crippen LogP contribution in [-0.2, 0) is 0 Å². The summed E-state index contributed by atoms with van der Waals surface area (Å²) in [5, 5.41) is 2.77. The van der Waals surface area contributed by atoms with Crippen LogP contribution in [0.2, 0.25) is 0 Å². The van der Waals surface area contributed by atoms with Gasteiger partial charge in [0, 0.05) is 5.56 Å². The number of nitrogens with one attached hydrogen (secondary N) is 1. The van der Waals surface area contributed by atoms with Crippen molar-refractivity contribution >= 4 is 17.4 Å². The zero-order chi connectivity index (χ0) is 13.4. The van der Waals surface area contributed by atoms with Crippen molar-refractivity contribution < 1.29 is 14.3 Å². The van der Waals surface area contributed by atoms with Crippen LogP contribution in [0.3, 0.4) is 0 Å². The van der Waals surface area contributed by atoms with E-state index in [-0.39, 0.29) is 11.7 Å². The molecule has 0 bridgehead atoms. The number of carbonyl (C=O) groups is 2. The van der Waals surface area contributed by atoms with E-state index in [1.54, 1.807) is 30.3 Å². The largest absolute Gasteiger partial charge is 0.454 e. The number of hydrogen-bond donors (Lipinski definition) is 1. The molecule has 4 nitrogen and oxygen atoms in total. The van der Waals surface area contributed by atoms with E-state index >= 15 is 0 Å². The van der Waals surface area contributed by atoms with Crippen molar-refractivity contribution in [1.29, 1.82) is 0 Å². The van der Waals surface area contributed by atoms with E-state index < -0.39 is 0 Å². The molecule has 0 radical (unpaired) electrons. The van der Waals surface area contributed by atoms with Gasteiger partial charge in [0.1, 0.15) is 5.75 Å². The van der Waals surface area contributed by atoms with Gasteiger partial charge in [0.15, 0.2) is 11.5 Å². The first-order valence-corrected chi connectivity index (χ1v) is 5.88. The van der Waals surface area contributed by atoms with Crippen LogP contribution < -0.4 is 10.1 Å². The highest BCUT2D eigenvalue weighted by atomic mass is 16.5. The molecule has 1 aliphatic rings. The van der Waals surface area contributed by atoms with Crippen molar-refractivity contribution in [3.63, 3.8) is 0 Å². The fourth-order valence-corrected chi connectivity index (χ4v) is 1.98. The molecule has 0 saturated heterocycles. The lowest BCUT2D eigenvalue weighted by Crippen LogP contribution is -2.11. The van der Waals surface area contributed by atoms with Crippen LogP contribution >= 0.6 is 0 Å². The molecule has 1 heterocycles. The van der Waals surface area contributed by atoms with Crippen molar-refractivity contribution in [3.8, 4) is 11.5 Å². The van der Waals surface area contributed by atoms with Crippen molar-refractivity contribution in [1.82, 2.24) is 0 Å². The van der Waals surface area contributed by atoms with Crippen LogP contribution in [0.5, 0.6) is 11.5 Å². The molecule has 2 aromatic carbocycles. The zero-order valence-electron chi connectivity index (χ0n) is 10.3. The minimum absolute atomic E-state index is 0.0858. The monoisotopic (exact) mass is 253 g/mol. The third kappa shape index (κ3) is 1.97. The Morgan fingerprint density at radius 2 is 1.89 bits per heavy atom. The van der Waals surface area contributed by atoms with Crippen LogP contribution in [0.15, 0.2) is 42.5 Å². The number of fused-ring (bicyclic) bond motifs is 2. The van der Waals surface area contributed by atoms with E-state index in [1.165, 1.54) is 6.92 Å². The summed E-state index contributed by atoms with van der Waals surface area (Å²) < 4.78 is 5.71. The number of rotatable bonds is 1. The summed E-state index contributed by atoms with van der Waals surface area (Å²) in [5.74, 6) is 0.679. The quantitative estimate of drug-likeness (QED) is 0.794. The van der Waals surface area contributed by atoms with E-state index in [0.29, 0.717) is 28.3 Å². The van der Waals surface area contributed by atoms with Crippen molar-refractivity contribution in [2.24, 2.45) is 0 Å². The number of para-hydroxylation sites is 2. The molecule has 0 unspecified atom stereocenters. The van der Waals surface area contributed by atoms with E-state index in [1.807, 2.05) is 12.1 Å². The second-order valence-electron chi connectivity index (χ2n) is 4.32. The average Bonchev–Trinajstić information content (AvgIpc) is 2.54. The molecule has 2 aromatic rings. The van der Waals surface area contributed by atoms with Crippen LogP contribution in [0.25, 0.3) is 0 Å². The Labute approximate surface area is 110 Å². The first kappa shape index (κ1) is 11.5. The Morgan fingerprint density at radius 3 is 2.68 bits per heavy atom. The first-order chi connectivity index (χ1) is 9.15. The highest BCUT2D eigenvalue weighted by Crippen LogP contribution is 2.35. The Hall–Kier alpha value is -2.62. The van der Waals surface area contributed by atoms with E-state index in [0.717, 1.165) is 0 Å². The number of ketones is 1. The lowest BCUT2D eigenvalue weighted by atomic mass is 10.1. The molecule has 19 heavy (non-hydrogen) atoms. The third-order valence-corrected chi connectivity index (χ3v) is 2.99. The van der Waals surface area contributed by atoms with Crippen LogP contribution in [0.4, 0.5) is 5.69 Å². The predicted molar refractivity (Wildman–Crippen MR) is 70.9 cm³/mol. The molecule has 1 N–H and O–H groups in total. The molecule has 0 saturated carbocycles. The van der Waals surface area contributed by atoms with Crippen LogP contribution in [0, 0.1) is 0 Å². The number of ether oxygens (including phenoxy) is 1. The standard InChI is InChI=1S/C15H11NO3/c1-9(17)10-6-7-13-11(8-10)15(18)16-12-4-2-3-5-14(12)19-13/h2-8H,1H3,(H,16,18). The summed E-state index contributed by atoms with van der Waals surface area (Å²) in [4.78, 5) is 23.5. The summed E-state index contributed by atoms with van der Waals surface area (Å²) in [6, 6.07) is 12.1. The van der Waals surface area contributed by atoms with Gasteiger partial charge >= 0.3 is 0 Å².